The minimum absolute atomic E-state index is 0.0537. The molecule has 1 aromatic carbocycles. The molecule has 1 aromatic heterocycles. The number of anilines is 1. The third-order valence-electron chi connectivity index (χ3n) is 5.95. The minimum atomic E-state index is -0.399. The second-order valence-corrected chi connectivity index (χ2v) is 9.32. The van der Waals surface area contributed by atoms with E-state index in [-0.39, 0.29) is 11.9 Å². The maximum absolute atomic E-state index is 12.7. The molecule has 1 unspecified atom stereocenters. The van der Waals surface area contributed by atoms with Crippen LogP contribution in [-0.2, 0) is 14.4 Å². The van der Waals surface area contributed by atoms with Crippen LogP contribution in [0.2, 0.25) is 10.0 Å². The molecule has 2 N–H and O–H groups in total. The summed E-state index contributed by atoms with van der Waals surface area (Å²) in [5, 5.41) is 4.28. The van der Waals surface area contributed by atoms with Crippen LogP contribution in [0.1, 0.15) is 48.0 Å². The number of hydrogen-bond donors (Lipinski definition) is 2. The van der Waals surface area contributed by atoms with Gasteiger partial charge < -0.3 is 15.0 Å². The average molecular weight is 519 g/mol. The van der Waals surface area contributed by atoms with Crippen molar-refractivity contribution in [2.24, 2.45) is 0 Å². The molecule has 2 aromatic rings. The van der Waals surface area contributed by atoms with Gasteiger partial charge in [-0.05, 0) is 55.5 Å². The van der Waals surface area contributed by atoms with Crippen molar-refractivity contribution in [3.8, 4) is 0 Å². The summed E-state index contributed by atoms with van der Waals surface area (Å²) in [7, 11) is 0. The van der Waals surface area contributed by atoms with Gasteiger partial charge in [-0.15, -0.1) is 0 Å². The lowest BCUT2D eigenvalue weighted by atomic mass is 10.0. The van der Waals surface area contributed by atoms with Crippen LogP contribution in [0.4, 0.5) is 5.82 Å². The number of nitrogens with one attached hydrogen (secondary N) is 2. The van der Waals surface area contributed by atoms with Crippen LogP contribution >= 0.6 is 23.2 Å². The highest BCUT2D eigenvalue weighted by Gasteiger charge is 2.25. The smallest absolute Gasteiger partial charge is 0.267 e. The predicted octanol–water partition coefficient (Wildman–Crippen LogP) is 4.69. The third-order valence-corrected chi connectivity index (χ3v) is 6.56. The normalized spacial score (nSPS) is 19.0. The lowest BCUT2D eigenvalue weighted by Gasteiger charge is -2.33. The van der Waals surface area contributed by atoms with Crippen molar-refractivity contribution >= 4 is 46.9 Å². The molecule has 2 aliphatic heterocycles. The molecule has 4 rings (SSSR count). The molecular formula is C25H28Cl2N4O4. The molecule has 10 heteroatoms. The summed E-state index contributed by atoms with van der Waals surface area (Å²) in [6.07, 6.45) is 8.52. The number of benzene rings is 1. The highest BCUT2D eigenvalue weighted by atomic mass is 35.5. The second kappa shape index (κ2) is 12.4. The first-order chi connectivity index (χ1) is 17.0. The lowest BCUT2D eigenvalue weighted by molar-refractivity contribution is -0.198. The van der Waals surface area contributed by atoms with Crippen molar-refractivity contribution < 1.29 is 19.2 Å². The molecular weight excluding hydrogens is 491 g/mol. The van der Waals surface area contributed by atoms with Crippen LogP contribution in [0.5, 0.6) is 0 Å². The summed E-state index contributed by atoms with van der Waals surface area (Å²) in [5.41, 5.74) is 3.59. The highest BCUT2D eigenvalue weighted by Crippen LogP contribution is 2.25. The fraction of sp³-hybridized carbons (Fsp3) is 0.400. The Bertz CT molecular complexity index is 1070. The Morgan fingerprint density at radius 1 is 1.11 bits per heavy atom. The highest BCUT2D eigenvalue weighted by molar-refractivity contribution is 6.34. The number of carbonyl (C=O) groups is 2. The van der Waals surface area contributed by atoms with E-state index in [4.69, 9.17) is 32.8 Å². The number of piperidine rings is 1. The summed E-state index contributed by atoms with van der Waals surface area (Å²) in [5.74, 6) is 0.125. The number of nitrogens with zero attached hydrogens (tertiary/aromatic N) is 2. The number of amides is 2. The topological polar surface area (TPSA) is 92.8 Å². The first kappa shape index (κ1) is 25.4. The summed E-state index contributed by atoms with van der Waals surface area (Å²) >= 11 is 12.6. The van der Waals surface area contributed by atoms with Gasteiger partial charge in [0.25, 0.3) is 11.8 Å². The molecule has 8 nitrogen and oxygen atoms in total. The first-order valence-electron chi connectivity index (χ1n) is 11.7. The van der Waals surface area contributed by atoms with Gasteiger partial charge in [-0.25, -0.2) is 15.3 Å². The quantitative estimate of drug-likeness (QED) is 0.407. The monoisotopic (exact) mass is 518 g/mol. The molecule has 2 fully saturated rings. The predicted molar refractivity (Wildman–Crippen MR) is 135 cm³/mol. The van der Waals surface area contributed by atoms with Crippen LogP contribution in [0.15, 0.2) is 42.6 Å². The van der Waals surface area contributed by atoms with E-state index in [1.165, 1.54) is 6.08 Å². The van der Waals surface area contributed by atoms with Gasteiger partial charge in [0.2, 0.25) is 0 Å². The van der Waals surface area contributed by atoms with Crippen molar-refractivity contribution in [2.45, 2.75) is 44.4 Å². The summed E-state index contributed by atoms with van der Waals surface area (Å²) in [6.45, 7) is 1.87. The Labute approximate surface area is 214 Å². The van der Waals surface area contributed by atoms with Crippen molar-refractivity contribution in [3.63, 3.8) is 0 Å². The average Bonchev–Trinajstić information content (AvgIpc) is 2.88. The molecule has 186 valence electrons. The van der Waals surface area contributed by atoms with Crippen LogP contribution < -0.4 is 10.8 Å². The van der Waals surface area contributed by atoms with Crippen LogP contribution in [0.3, 0.4) is 0 Å². The van der Waals surface area contributed by atoms with E-state index < -0.39 is 12.2 Å². The van der Waals surface area contributed by atoms with E-state index in [1.54, 1.807) is 30.5 Å². The third kappa shape index (κ3) is 7.18. The van der Waals surface area contributed by atoms with Gasteiger partial charge in [0.05, 0.1) is 15.6 Å². The molecule has 2 saturated heterocycles. The molecule has 3 heterocycles. The number of hydrogen-bond acceptors (Lipinski definition) is 6. The zero-order valence-corrected chi connectivity index (χ0v) is 20.7. The van der Waals surface area contributed by atoms with Gasteiger partial charge in [-0.1, -0.05) is 35.3 Å². The molecule has 0 aliphatic carbocycles. The van der Waals surface area contributed by atoms with E-state index in [1.807, 2.05) is 17.0 Å². The molecule has 2 amide bonds. The molecule has 0 bridgehead atoms. The SMILES string of the molecule is O=C(C=Cc1cnc(NC2CCN(C(=O)c3ccccc3Cl)CC2)c(Cl)c1)NOC1CCCCO1. The number of halogens is 2. The van der Waals surface area contributed by atoms with Gasteiger partial charge in [0.15, 0.2) is 6.29 Å². The number of aromatic nitrogens is 1. The molecule has 35 heavy (non-hydrogen) atoms. The number of carbonyl (C=O) groups excluding carboxylic acids is 2. The summed E-state index contributed by atoms with van der Waals surface area (Å²) < 4.78 is 5.40. The number of pyridine rings is 1. The molecule has 0 radical (unpaired) electrons. The molecule has 1 atom stereocenters. The maximum atomic E-state index is 12.7. The van der Waals surface area contributed by atoms with Crippen molar-refractivity contribution in [3.05, 3.63) is 63.8 Å². The van der Waals surface area contributed by atoms with Crippen LogP contribution in [0.25, 0.3) is 6.08 Å². The maximum Gasteiger partial charge on any atom is 0.267 e. The summed E-state index contributed by atoms with van der Waals surface area (Å²) in [4.78, 5) is 36.2. The Kier molecular flexibility index (Phi) is 8.98. The minimum Gasteiger partial charge on any atom is -0.366 e. The van der Waals surface area contributed by atoms with Crippen LogP contribution in [0, 0.1) is 0 Å². The zero-order chi connectivity index (χ0) is 24.6. The van der Waals surface area contributed by atoms with Gasteiger partial charge in [0, 0.05) is 44.4 Å². The van der Waals surface area contributed by atoms with Crippen LogP contribution in [-0.4, -0.2) is 53.7 Å². The van der Waals surface area contributed by atoms with Gasteiger partial charge in [-0.2, -0.15) is 0 Å². The largest absolute Gasteiger partial charge is 0.366 e. The first-order valence-corrected chi connectivity index (χ1v) is 12.5. The van der Waals surface area contributed by atoms with Crippen molar-refractivity contribution in [1.82, 2.24) is 15.4 Å². The molecule has 0 saturated carbocycles. The summed E-state index contributed by atoms with van der Waals surface area (Å²) in [6, 6.07) is 8.97. The number of rotatable bonds is 7. The Balaban J connectivity index is 1.24. The van der Waals surface area contributed by atoms with E-state index in [9.17, 15) is 9.59 Å². The molecule has 2 aliphatic rings. The standard InChI is InChI=1S/C25H28Cl2N4O4/c26-20-6-2-1-5-19(20)25(33)31-12-10-18(11-13-31)29-24-21(27)15-17(16-28-24)8-9-22(32)30-35-23-7-3-4-14-34-23/h1-2,5-6,8-9,15-16,18,23H,3-4,7,10-14H2,(H,28,29)(H,30,32). The fourth-order valence-electron chi connectivity index (χ4n) is 4.01. The van der Waals surface area contributed by atoms with E-state index in [0.29, 0.717) is 46.7 Å². The molecule has 0 spiro atoms. The number of ether oxygens (including phenoxy) is 1. The van der Waals surface area contributed by atoms with E-state index >= 15 is 0 Å². The Morgan fingerprint density at radius 2 is 1.91 bits per heavy atom. The Hall–Kier alpha value is -2.65. The zero-order valence-electron chi connectivity index (χ0n) is 19.2. The van der Waals surface area contributed by atoms with Gasteiger partial charge in [0.1, 0.15) is 5.82 Å². The fourth-order valence-corrected chi connectivity index (χ4v) is 4.46. The van der Waals surface area contributed by atoms with Gasteiger partial charge >= 0.3 is 0 Å². The lowest BCUT2D eigenvalue weighted by Crippen LogP contribution is -2.42. The van der Waals surface area contributed by atoms with Gasteiger partial charge in [-0.3, -0.25) is 9.59 Å². The van der Waals surface area contributed by atoms with Crippen molar-refractivity contribution in [2.75, 3.05) is 25.0 Å². The number of hydroxylamine groups is 1. The second-order valence-electron chi connectivity index (χ2n) is 8.50. The number of likely N-dealkylation sites (tertiary alicyclic amines) is 1. The van der Waals surface area contributed by atoms with Crippen molar-refractivity contribution in [1.29, 1.82) is 0 Å². The van der Waals surface area contributed by atoms with E-state index in [0.717, 1.165) is 32.1 Å². The van der Waals surface area contributed by atoms with E-state index in [2.05, 4.69) is 15.8 Å². The Morgan fingerprint density at radius 3 is 2.63 bits per heavy atom.